The third-order valence-corrected chi connectivity index (χ3v) is 7.14. The van der Waals surface area contributed by atoms with E-state index in [1.807, 2.05) is 19.9 Å². The number of hydrogen-bond donors (Lipinski definition) is 2. The minimum atomic E-state index is -0.889. The molecule has 1 fully saturated rings. The molecule has 8 nitrogen and oxygen atoms in total. The van der Waals surface area contributed by atoms with Crippen LogP contribution in [0.15, 0.2) is 41.1 Å². The zero-order valence-electron chi connectivity index (χ0n) is 17.5. The average molecular weight is 467 g/mol. The van der Waals surface area contributed by atoms with Gasteiger partial charge in [0.25, 0.3) is 5.91 Å². The summed E-state index contributed by atoms with van der Waals surface area (Å²) in [7, 11) is 0. The van der Waals surface area contributed by atoms with Gasteiger partial charge in [0.1, 0.15) is 29.8 Å². The summed E-state index contributed by atoms with van der Waals surface area (Å²) in [4.78, 5) is 41.4. The molecule has 3 rings (SSSR count). The van der Waals surface area contributed by atoms with E-state index < -0.39 is 35.2 Å². The second kappa shape index (κ2) is 10.5. The van der Waals surface area contributed by atoms with Gasteiger partial charge >= 0.3 is 5.97 Å². The Balaban J connectivity index is 1.61. The average Bonchev–Trinajstić information content (AvgIpc) is 2.79. The van der Waals surface area contributed by atoms with E-state index in [1.165, 1.54) is 16.7 Å². The van der Waals surface area contributed by atoms with Crippen molar-refractivity contribution in [2.24, 2.45) is 5.73 Å². The SMILES string of the molecule is CCN(CC)CCOC(=O)C1=C(Cl)CS[C@@H]2[C@H](NC(=O)[C@H](N)c3ccccc3)C(=O)N12. The van der Waals surface area contributed by atoms with E-state index in [0.717, 1.165) is 13.1 Å². The van der Waals surface area contributed by atoms with Gasteiger partial charge in [-0.25, -0.2) is 4.79 Å². The fourth-order valence-corrected chi connectivity index (χ4v) is 5.05. The number of ether oxygens (including phenoxy) is 1. The third-order valence-electron chi connectivity index (χ3n) is 5.39. The highest BCUT2D eigenvalue weighted by Crippen LogP contribution is 2.41. The van der Waals surface area contributed by atoms with Gasteiger partial charge in [0.15, 0.2) is 0 Å². The van der Waals surface area contributed by atoms with Crippen LogP contribution < -0.4 is 11.1 Å². The van der Waals surface area contributed by atoms with E-state index in [2.05, 4.69) is 10.2 Å². The van der Waals surface area contributed by atoms with Crippen molar-refractivity contribution in [1.29, 1.82) is 0 Å². The Kier molecular flexibility index (Phi) is 7.99. The van der Waals surface area contributed by atoms with Crippen LogP contribution in [0.1, 0.15) is 25.5 Å². The zero-order chi connectivity index (χ0) is 22.5. The van der Waals surface area contributed by atoms with Crippen molar-refractivity contribution in [2.75, 3.05) is 32.0 Å². The molecule has 2 heterocycles. The Morgan fingerprint density at radius 1 is 1.32 bits per heavy atom. The number of thioether (sulfide) groups is 1. The summed E-state index contributed by atoms with van der Waals surface area (Å²) < 4.78 is 5.37. The predicted octanol–water partition coefficient (Wildman–Crippen LogP) is 1.42. The number of rotatable bonds is 9. The first-order valence-electron chi connectivity index (χ1n) is 10.2. The number of likely N-dealkylation sites (N-methyl/N-ethyl adjacent to an activating group) is 1. The molecule has 0 aromatic heterocycles. The van der Waals surface area contributed by atoms with Crippen LogP contribution in [0.4, 0.5) is 0 Å². The maximum Gasteiger partial charge on any atom is 0.356 e. The molecule has 1 aromatic rings. The molecule has 3 N–H and O–H groups in total. The maximum atomic E-state index is 12.8. The third kappa shape index (κ3) is 5.06. The number of fused-ring (bicyclic) bond motifs is 1. The lowest BCUT2D eigenvalue weighted by atomic mass is 10.0. The highest BCUT2D eigenvalue weighted by atomic mass is 35.5. The van der Waals surface area contributed by atoms with Crippen molar-refractivity contribution in [2.45, 2.75) is 31.3 Å². The minimum Gasteiger partial charge on any atom is -0.460 e. The summed E-state index contributed by atoms with van der Waals surface area (Å²) >= 11 is 7.65. The van der Waals surface area contributed by atoms with E-state index in [4.69, 9.17) is 22.1 Å². The molecule has 0 saturated carbocycles. The van der Waals surface area contributed by atoms with Gasteiger partial charge in [-0.05, 0) is 18.7 Å². The van der Waals surface area contributed by atoms with Crippen molar-refractivity contribution in [3.05, 3.63) is 46.6 Å². The summed E-state index contributed by atoms with van der Waals surface area (Å²) in [6.45, 7) is 6.58. The van der Waals surface area contributed by atoms with Crippen molar-refractivity contribution >= 4 is 41.1 Å². The van der Waals surface area contributed by atoms with Gasteiger partial charge in [0.2, 0.25) is 5.91 Å². The number of carbonyl (C=O) groups excluding carboxylic acids is 3. The summed E-state index contributed by atoms with van der Waals surface area (Å²) in [5, 5.41) is 2.56. The first-order chi connectivity index (χ1) is 14.9. The summed E-state index contributed by atoms with van der Waals surface area (Å²) in [5.74, 6) is -1.12. The van der Waals surface area contributed by atoms with Crippen molar-refractivity contribution < 1.29 is 19.1 Å². The number of nitrogens with two attached hydrogens (primary N) is 1. The van der Waals surface area contributed by atoms with Crippen LogP contribution in [0.2, 0.25) is 0 Å². The Bertz CT molecular complexity index is 862. The topological polar surface area (TPSA) is 105 Å². The van der Waals surface area contributed by atoms with Crippen LogP contribution in [-0.2, 0) is 19.1 Å². The predicted molar refractivity (Wildman–Crippen MR) is 120 cm³/mol. The number of halogens is 1. The number of carbonyl (C=O) groups is 3. The Hall–Kier alpha value is -2.07. The number of esters is 1. The van der Waals surface area contributed by atoms with Gasteiger partial charge in [-0.3, -0.25) is 14.5 Å². The van der Waals surface area contributed by atoms with Crippen molar-refractivity contribution in [3.8, 4) is 0 Å². The lowest BCUT2D eigenvalue weighted by Crippen LogP contribution is -2.71. The van der Waals surface area contributed by atoms with Crippen LogP contribution in [0.25, 0.3) is 0 Å². The molecule has 1 aromatic carbocycles. The van der Waals surface area contributed by atoms with Crippen LogP contribution in [0.3, 0.4) is 0 Å². The van der Waals surface area contributed by atoms with Crippen molar-refractivity contribution in [3.63, 3.8) is 0 Å². The monoisotopic (exact) mass is 466 g/mol. The van der Waals surface area contributed by atoms with Gasteiger partial charge < -0.3 is 20.7 Å². The quantitative estimate of drug-likeness (QED) is 0.419. The van der Waals surface area contributed by atoms with E-state index in [-0.39, 0.29) is 17.3 Å². The molecule has 0 spiro atoms. The van der Waals surface area contributed by atoms with Crippen LogP contribution in [0, 0.1) is 0 Å². The standard InChI is InChI=1S/C21H27ClN4O4S/c1-3-25(4-2)10-11-30-21(29)17-14(22)12-31-20-16(19(28)26(17)20)24-18(27)15(23)13-8-6-5-7-9-13/h5-9,15-16,20H,3-4,10-12,23H2,1-2H3,(H,24,27)/t15-,16-,20-/m1/s1. The van der Waals surface area contributed by atoms with E-state index in [1.54, 1.807) is 24.3 Å². The normalized spacial score (nSPS) is 21.5. The summed E-state index contributed by atoms with van der Waals surface area (Å²) in [6, 6.07) is 7.27. The smallest absolute Gasteiger partial charge is 0.356 e. The molecule has 0 radical (unpaired) electrons. The number of amides is 2. The van der Waals surface area contributed by atoms with Crippen LogP contribution >= 0.6 is 23.4 Å². The molecule has 168 valence electrons. The van der Waals surface area contributed by atoms with Crippen LogP contribution in [-0.4, -0.2) is 71.0 Å². The zero-order valence-corrected chi connectivity index (χ0v) is 19.1. The molecule has 0 bridgehead atoms. The van der Waals surface area contributed by atoms with Gasteiger partial charge in [0.05, 0.1) is 5.03 Å². The lowest BCUT2D eigenvalue weighted by molar-refractivity contribution is -0.153. The molecule has 0 aliphatic carbocycles. The largest absolute Gasteiger partial charge is 0.460 e. The molecule has 31 heavy (non-hydrogen) atoms. The highest BCUT2D eigenvalue weighted by Gasteiger charge is 2.54. The molecule has 2 aliphatic rings. The molecule has 10 heteroatoms. The number of hydrogen-bond acceptors (Lipinski definition) is 7. The van der Waals surface area contributed by atoms with Crippen LogP contribution in [0.5, 0.6) is 0 Å². The Morgan fingerprint density at radius 3 is 2.65 bits per heavy atom. The molecule has 1 saturated heterocycles. The number of nitrogens with one attached hydrogen (secondary N) is 1. The summed E-state index contributed by atoms with van der Waals surface area (Å²) in [5.41, 5.74) is 6.74. The van der Waals surface area contributed by atoms with Crippen molar-refractivity contribution in [1.82, 2.24) is 15.1 Å². The van der Waals surface area contributed by atoms with E-state index in [0.29, 0.717) is 17.9 Å². The lowest BCUT2D eigenvalue weighted by Gasteiger charge is -2.49. The molecule has 3 atom stereocenters. The van der Waals surface area contributed by atoms with Gasteiger partial charge in [-0.2, -0.15) is 0 Å². The first-order valence-corrected chi connectivity index (χ1v) is 11.6. The molecule has 0 unspecified atom stereocenters. The van der Waals surface area contributed by atoms with Gasteiger partial charge in [-0.1, -0.05) is 55.8 Å². The van der Waals surface area contributed by atoms with E-state index in [9.17, 15) is 14.4 Å². The van der Waals surface area contributed by atoms with Gasteiger partial charge in [-0.15, -0.1) is 11.8 Å². The van der Waals surface area contributed by atoms with E-state index >= 15 is 0 Å². The number of benzene rings is 1. The number of nitrogens with zero attached hydrogens (tertiary/aromatic N) is 2. The Morgan fingerprint density at radius 2 is 2.00 bits per heavy atom. The Labute approximate surface area is 191 Å². The second-order valence-corrected chi connectivity index (χ2v) is 8.76. The first kappa shape index (κ1) is 23.6. The second-order valence-electron chi connectivity index (χ2n) is 7.20. The molecule has 2 amide bonds. The fourth-order valence-electron chi connectivity index (χ4n) is 3.50. The maximum absolute atomic E-state index is 12.8. The number of β-lactam (4-membered cyclic amide) rings is 1. The highest BCUT2D eigenvalue weighted by molar-refractivity contribution is 8.00. The van der Waals surface area contributed by atoms with Gasteiger partial charge in [0, 0.05) is 12.3 Å². The molecule has 2 aliphatic heterocycles. The molecular weight excluding hydrogens is 440 g/mol. The summed E-state index contributed by atoms with van der Waals surface area (Å²) in [6.07, 6.45) is 0. The molecular formula is C21H27ClN4O4S. The fraction of sp³-hybridized carbons (Fsp3) is 0.476. The minimum absolute atomic E-state index is 0.0628.